The summed E-state index contributed by atoms with van der Waals surface area (Å²) >= 11 is 3.27. The molecule has 0 heterocycles. The van der Waals surface area contributed by atoms with E-state index in [1.165, 1.54) is 6.07 Å². The van der Waals surface area contributed by atoms with Crippen LogP contribution in [0.15, 0.2) is 53.0 Å². The van der Waals surface area contributed by atoms with Gasteiger partial charge in [0.25, 0.3) is 0 Å². The van der Waals surface area contributed by atoms with E-state index in [0.717, 1.165) is 10.2 Å². The summed E-state index contributed by atoms with van der Waals surface area (Å²) < 4.78 is 14.3. The van der Waals surface area contributed by atoms with Crippen molar-refractivity contribution >= 4 is 27.4 Å². The fourth-order valence-corrected chi connectivity index (χ4v) is 2.12. The molecule has 2 aromatic rings. The van der Waals surface area contributed by atoms with Gasteiger partial charge in [-0.05, 0) is 35.9 Å². The second-order valence-electron chi connectivity index (χ2n) is 4.17. The summed E-state index contributed by atoms with van der Waals surface area (Å²) in [7, 11) is 0. The van der Waals surface area contributed by atoms with Crippen molar-refractivity contribution in [3.8, 4) is 0 Å². The van der Waals surface area contributed by atoms with E-state index in [1.54, 1.807) is 12.1 Å². The normalized spacial score (nSPS) is 10.2. The Morgan fingerprint density at radius 1 is 1.16 bits per heavy atom. The van der Waals surface area contributed by atoms with E-state index in [-0.39, 0.29) is 24.6 Å². The molecular formula is C15H13BrFNO. The SMILES string of the molecule is O=C(CNc1ccccc1)Cc1cc(Br)ccc1F. The van der Waals surface area contributed by atoms with Crippen LogP contribution in [0.3, 0.4) is 0 Å². The highest BCUT2D eigenvalue weighted by atomic mass is 79.9. The van der Waals surface area contributed by atoms with Gasteiger partial charge >= 0.3 is 0 Å². The molecule has 98 valence electrons. The monoisotopic (exact) mass is 321 g/mol. The third kappa shape index (κ3) is 4.17. The van der Waals surface area contributed by atoms with Crippen LogP contribution in [0.25, 0.3) is 0 Å². The summed E-state index contributed by atoms with van der Waals surface area (Å²) in [5, 5.41) is 3.02. The molecule has 0 bridgehead atoms. The predicted molar refractivity (Wildman–Crippen MR) is 77.7 cm³/mol. The third-order valence-electron chi connectivity index (χ3n) is 2.66. The molecule has 4 heteroatoms. The molecule has 0 aromatic heterocycles. The Bertz CT molecular complexity index is 572. The minimum Gasteiger partial charge on any atom is -0.378 e. The number of ketones is 1. The molecule has 0 aliphatic heterocycles. The molecule has 0 aliphatic carbocycles. The predicted octanol–water partition coefficient (Wildman–Crippen LogP) is 3.81. The van der Waals surface area contributed by atoms with Crippen molar-refractivity contribution < 1.29 is 9.18 Å². The number of rotatable bonds is 5. The molecular weight excluding hydrogens is 309 g/mol. The maximum absolute atomic E-state index is 13.5. The van der Waals surface area contributed by atoms with Crippen molar-refractivity contribution in [1.82, 2.24) is 0 Å². The molecule has 0 spiro atoms. The van der Waals surface area contributed by atoms with Crippen molar-refractivity contribution in [3.63, 3.8) is 0 Å². The molecule has 0 amide bonds. The van der Waals surface area contributed by atoms with Gasteiger partial charge in [0, 0.05) is 16.6 Å². The molecule has 0 saturated heterocycles. The first kappa shape index (κ1) is 13.7. The number of para-hydroxylation sites is 1. The average Bonchev–Trinajstić information content (AvgIpc) is 2.42. The lowest BCUT2D eigenvalue weighted by atomic mass is 10.1. The molecule has 2 nitrogen and oxygen atoms in total. The first-order valence-electron chi connectivity index (χ1n) is 5.90. The number of carbonyl (C=O) groups excluding carboxylic acids is 1. The lowest BCUT2D eigenvalue weighted by molar-refractivity contribution is -0.116. The average molecular weight is 322 g/mol. The highest BCUT2D eigenvalue weighted by molar-refractivity contribution is 9.10. The van der Waals surface area contributed by atoms with Crippen molar-refractivity contribution in [2.24, 2.45) is 0 Å². The Morgan fingerprint density at radius 3 is 2.63 bits per heavy atom. The van der Waals surface area contributed by atoms with Gasteiger partial charge < -0.3 is 5.32 Å². The van der Waals surface area contributed by atoms with Crippen LogP contribution in [-0.4, -0.2) is 12.3 Å². The fraction of sp³-hybridized carbons (Fsp3) is 0.133. The maximum Gasteiger partial charge on any atom is 0.156 e. The molecule has 2 aromatic carbocycles. The van der Waals surface area contributed by atoms with Gasteiger partial charge in [-0.25, -0.2) is 4.39 Å². The van der Waals surface area contributed by atoms with Crippen LogP contribution in [0.4, 0.5) is 10.1 Å². The van der Waals surface area contributed by atoms with E-state index >= 15 is 0 Å². The summed E-state index contributed by atoms with van der Waals surface area (Å²) in [6, 6.07) is 14.1. The zero-order chi connectivity index (χ0) is 13.7. The van der Waals surface area contributed by atoms with Gasteiger partial charge in [0.1, 0.15) is 5.82 Å². The van der Waals surface area contributed by atoms with Crippen LogP contribution in [0.1, 0.15) is 5.56 Å². The third-order valence-corrected chi connectivity index (χ3v) is 3.15. The zero-order valence-corrected chi connectivity index (χ0v) is 11.8. The van der Waals surface area contributed by atoms with Gasteiger partial charge in [0.15, 0.2) is 5.78 Å². The molecule has 0 radical (unpaired) electrons. The number of hydrogen-bond acceptors (Lipinski definition) is 2. The van der Waals surface area contributed by atoms with Crippen molar-refractivity contribution in [3.05, 3.63) is 64.4 Å². The molecule has 19 heavy (non-hydrogen) atoms. The van der Waals surface area contributed by atoms with E-state index in [0.29, 0.717) is 5.56 Å². The van der Waals surface area contributed by atoms with Gasteiger partial charge in [-0.3, -0.25) is 4.79 Å². The molecule has 0 saturated carbocycles. The minimum atomic E-state index is -0.351. The Balaban J connectivity index is 1.93. The first-order valence-corrected chi connectivity index (χ1v) is 6.69. The smallest absolute Gasteiger partial charge is 0.156 e. The van der Waals surface area contributed by atoms with Gasteiger partial charge in [0.2, 0.25) is 0 Å². The standard InChI is InChI=1S/C15H13BrFNO/c16-12-6-7-15(17)11(8-12)9-14(19)10-18-13-4-2-1-3-5-13/h1-8,18H,9-10H2. The van der Waals surface area contributed by atoms with Crippen LogP contribution in [-0.2, 0) is 11.2 Å². The lowest BCUT2D eigenvalue weighted by Crippen LogP contribution is -2.16. The van der Waals surface area contributed by atoms with Crippen LogP contribution in [0, 0.1) is 5.82 Å². The molecule has 2 rings (SSSR count). The van der Waals surface area contributed by atoms with E-state index in [4.69, 9.17) is 0 Å². The largest absolute Gasteiger partial charge is 0.378 e. The van der Waals surface area contributed by atoms with Crippen LogP contribution in [0.2, 0.25) is 0 Å². The van der Waals surface area contributed by atoms with E-state index in [2.05, 4.69) is 21.2 Å². The Kier molecular flexibility index (Phi) is 4.68. The molecule has 0 atom stereocenters. The molecule has 0 unspecified atom stereocenters. The molecule has 0 aliphatic rings. The lowest BCUT2D eigenvalue weighted by Gasteiger charge is -2.06. The number of Topliss-reactive ketones (excluding diaryl/α,β-unsaturated/α-hetero) is 1. The Morgan fingerprint density at radius 2 is 1.89 bits per heavy atom. The maximum atomic E-state index is 13.5. The second kappa shape index (κ2) is 6.48. The number of anilines is 1. The number of benzene rings is 2. The topological polar surface area (TPSA) is 29.1 Å². The first-order chi connectivity index (χ1) is 9.15. The quantitative estimate of drug-likeness (QED) is 0.907. The van der Waals surface area contributed by atoms with Crippen LogP contribution >= 0.6 is 15.9 Å². The summed E-state index contributed by atoms with van der Waals surface area (Å²) in [5.41, 5.74) is 1.29. The highest BCUT2D eigenvalue weighted by Gasteiger charge is 2.08. The molecule has 1 N–H and O–H groups in total. The van der Waals surface area contributed by atoms with Crippen molar-refractivity contribution in [2.75, 3.05) is 11.9 Å². The number of carbonyl (C=O) groups is 1. The minimum absolute atomic E-state index is 0.0548. The van der Waals surface area contributed by atoms with Gasteiger partial charge in [-0.2, -0.15) is 0 Å². The second-order valence-corrected chi connectivity index (χ2v) is 5.09. The zero-order valence-electron chi connectivity index (χ0n) is 10.2. The van der Waals surface area contributed by atoms with Gasteiger partial charge in [0.05, 0.1) is 6.54 Å². The fourth-order valence-electron chi connectivity index (χ4n) is 1.71. The summed E-state index contributed by atoms with van der Waals surface area (Å²) in [6.07, 6.45) is 0.0884. The highest BCUT2D eigenvalue weighted by Crippen LogP contribution is 2.16. The van der Waals surface area contributed by atoms with Gasteiger partial charge in [-0.1, -0.05) is 34.1 Å². The van der Waals surface area contributed by atoms with E-state index in [9.17, 15) is 9.18 Å². The van der Waals surface area contributed by atoms with Crippen LogP contribution in [0.5, 0.6) is 0 Å². The summed E-state index contributed by atoms with van der Waals surface area (Å²) in [5.74, 6) is -0.405. The summed E-state index contributed by atoms with van der Waals surface area (Å²) in [6.45, 7) is 0.190. The van der Waals surface area contributed by atoms with Crippen LogP contribution < -0.4 is 5.32 Å². The number of hydrogen-bond donors (Lipinski definition) is 1. The Labute approximate surface area is 119 Å². The summed E-state index contributed by atoms with van der Waals surface area (Å²) in [4.78, 5) is 11.8. The van der Waals surface area contributed by atoms with E-state index in [1.807, 2.05) is 30.3 Å². The Hall–Kier alpha value is -1.68. The van der Waals surface area contributed by atoms with E-state index < -0.39 is 0 Å². The van der Waals surface area contributed by atoms with Crippen molar-refractivity contribution in [1.29, 1.82) is 0 Å². The van der Waals surface area contributed by atoms with Gasteiger partial charge in [-0.15, -0.1) is 0 Å². The number of halogens is 2. The van der Waals surface area contributed by atoms with Crippen molar-refractivity contribution in [2.45, 2.75) is 6.42 Å². The molecule has 0 fully saturated rings. The number of nitrogens with one attached hydrogen (secondary N) is 1.